The van der Waals surface area contributed by atoms with Crippen molar-refractivity contribution in [3.8, 4) is 0 Å². The number of hydrogen-bond donors (Lipinski definition) is 4. The monoisotopic (exact) mass is 164 g/mol. The van der Waals surface area contributed by atoms with Gasteiger partial charge in [0.25, 0.3) is 0 Å². The number of aliphatic hydroxyl groups excluding tert-OH is 4. The number of rotatable bonds is 2. The van der Waals surface area contributed by atoms with Crippen LogP contribution in [0.15, 0.2) is 0 Å². The average molecular weight is 164 g/mol. The second-order valence-corrected chi connectivity index (χ2v) is 2.61. The van der Waals surface area contributed by atoms with Crippen molar-refractivity contribution < 1.29 is 25.2 Å². The summed E-state index contributed by atoms with van der Waals surface area (Å²) in [4.78, 5) is 0. The minimum absolute atomic E-state index is 0.0850. The van der Waals surface area contributed by atoms with Crippen LogP contribution in [0.1, 0.15) is 6.42 Å². The fourth-order valence-electron chi connectivity index (χ4n) is 1.12. The number of aliphatic hydroxyl groups is 4. The van der Waals surface area contributed by atoms with E-state index in [2.05, 4.69) is 0 Å². The van der Waals surface area contributed by atoms with Gasteiger partial charge in [0.1, 0.15) is 12.2 Å². The molecule has 5 heteroatoms. The second kappa shape index (κ2) is 3.46. The summed E-state index contributed by atoms with van der Waals surface area (Å²) in [6, 6.07) is 0. The summed E-state index contributed by atoms with van der Waals surface area (Å²) < 4.78 is 4.72. The zero-order valence-corrected chi connectivity index (χ0v) is 5.92. The molecular weight excluding hydrogens is 152 g/mol. The first-order valence-electron chi connectivity index (χ1n) is 3.45. The molecule has 1 fully saturated rings. The van der Waals surface area contributed by atoms with Gasteiger partial charge in [-0.2, -0.15) is 0 Å². The Kier molecular flexibility index (Phi) is 2.80. The number of hydrogen-bond acceptors (Lipinski definition) is 5. The maximum Gasteiger partial charge on any atom is 0.157 e. The van der Waals surface area contributed by atoms with Crippen LogP contribution in [0, 0.1) is 0 Å². The Balaban J connectivity index is 2.45. The highest BCUT2D eigenvalue weighted by Crippen LogP contribution is 2.20. The SMILES string of the molecule is OCC(O)[C@H]1O[C@H](O)C[C@@H]1O. The lowest BCUT2D eigenvalue weighted by Gasteiger charge is -2.17. The van der Waals surface area contributed by atoms with Crippen molar-refractivity contribution in [2.24, 2.45) is 0 Å². The summed E-state index contributed by atoms with van der Waals surface area (Å²) >= 11 is 0. The highest BCUT2D eigenvalue weighted by Gasteiger charge is 2.37. The molecule has 1 heterocycles. The third-order valence-corrected chi connectivity index (χ3v) is 1.70. The summed E-state index contributed by atoms with van der Waals surface area (Å²) in [7, 11) is 0. The Labute approximate surface area is 63.8 Å². The van der Waals surface area contributed by atoms with E-state index in [1.165, 1.54) is 0 Å². The van der Waals surface area contributed by atoms with Gasteiger partial charge in [0.05, 0.1) is 12.7 Å². The summed E-state index contributed by atoms with van der Waals surface area (Å²) in [5, 5.41) is 35.4. The molecule has 1 rings (SSSR count). The molecule has 0 aromatic carbocycles. The van der Waals surface area contributed by atoms with E-state index >= 15 is 0 Å². The van der Waals surface area contributed by atoms with Crippen molar-refractivity contribution in [3.05, 3.63) is 0 Å². The summed E-state index contributed by atoms with van der Waals surface area (Å²) in [5.74, 6) is 0. The van der Waals surface area contributed by atoms with Crippen LogP contribution in [-0.4, -0.2) is 51.6 Å². The summed E-state index contributed by atoms with van der Waals surface area (Å²) in [6.45, 7) is -0.478. The van der Waals surface area contributed by atoms with Gasteiger partial charge in [-0.1, -0.05) is 0 Å². The van der Waals surface area contributed by atoms with Crippen LogP contribution in [0.3, 0.4) is 0 Å². The van der Waals surface area contributed by atoms with E-state index in [9.17, 15) is 0 Å². The summed E-state index contributed by atoms with van der Waals surface area (Å²) in [5.41, 5.74) is 0. The fraction of sp³-hybridized carbons (Fsp3) is 1.00. The highest BCUT2D eigenvalue weighted by molar-refractivity contribution is 4.82. The zero-order valence-electron chi connectivity index (χ0n) is 5.92. The molecule has 0 saturated carbocycles. The van der Waals surface area contributed by atoms with E-state index in [0.717, 1.165) is 0 Å². The third-order valence-electron chi connectivity index (χ3n) is 1.70. The number of ether oxygens (including phenoxy) is 1. The van der Waals surface area contributed by atoms with Crippen LogP contribution in [0.25, 0.3) is 0 Å². The zero-order chi connectivity index (χ0) is 8.43. The van der Waals surface area contributed by atoms with Crippen molar-refractivity contribution in [2.75, 3.05) is 6.61 Å². The molecule has 4 atom stereocenters. The third kappa shape index (κ3) is 1.88. The molecule has 1 aliphatic rings. The molecule has 0 aromatic rings. The van der Waals surface area contributed by atoms with E-state index in [0.29, 0.717) is 0 Å². The first kappa shape index (κ1) is 8.89. The minimum Gasteiger partial charge on any atom is -0.394 e. The molecule has 0 amide bonds. The Morgan fingerprint density at radius 3 is 2.45 bits per heavy atom. The lowest BCUT2D eigenvalue weighted by atomic mass is 10.1. The molecule has 1 unspecified atom stereocenters. The van der Waals surface area contributed by atoms with Gasteiger partial charge >= 0.3 is 0 Å². The van der Waals surface area contributed by atoms with Crippen LogP contribution in [-0.2, 0) is 4.74 Å². The minimum atomic E-state index is -1.12. The van der Waals surface area contributed by atoms with Crippen LogP contribution in [0.4, 0.5) is 0 Å². The molecule has 66 valence electrons. The molecule has 1 aliphatic heterocycles. The molecule has 0 bridgehead atoms. The van der Waals surface area contributed by atoms with Crippen molar-refractivity contribution in [3.63, 3.8) is 0 Å². The van der Waals surface area contributed by atoms with E-state index < -0.39 is 31.2 Å². The lowest BCUT2D eigenvalue weighted by Crippen LogP contribution is -2.36. The van der Waals surface area contributed by atoms with E-state index in [1.54, 1.807) is 0 Å². The first-order valence-corrected chi connectivity index (χ1v) is 3.45. The van der Waals surface area contributed by atoms with Crippen LogP contribution in [0.2, 0.25) is 0 Å². The van der Waals surface area contributed by atoms with E-state index in [-0.39, 0.29) is 6.42 Å². The average Bonchev–Trinajstić information content (AvgIpc) is 2.28. The molecule has 0 spiro atoms. The largest absolute Gasteiger partial charge is 0.394 e. The van der Waals surface area contributed by atoms with Crippen molar-refractivity contribution in [1.29, 1.82) is 0 Å². The van der Waals surface area contributed by atoms with Crippen molar-refractivity contribution in [1.82, 2.24) is 0 Å². The molecule has 0 aromatic heterocycles. The van der Waals surface area contributed by atoms with Crippen molar-refractivity contribution in [2.45, 2.75) is 31.0 Å². The van der Waals surface area contributed by atoms with Gasteiger partial charge < -0.3 is 25.2 Å². The van der Waals surface area contributed by atoms with Crippen LogP contribution < -0.4 is 0 Å². The quantitative estimate of drug-likeness (QED) is 0.372. The maximum absolute atomic E-state index is 9.10. The summed E-state index contributed by atoms with van der Waals surface area (Å²) in [6.07, 6.45) is -3.83. The molecular formula is C6H12O5. The van der Waals surface area contributed by atoms with E-state index in [4.69, 9.17) is 25.2 Å². The highest BCUT2D eigenvalue weighted by atomic mass is 16.6. The predicted octanol–water partition coefficient (Wildman–Crippen LogP) is -2.19. The predicted molar refractivity (Wildman–Crippen MR) is 34.6 cm³/mol. The molecule has 0 radical (unpaired) electrons. The van der Waals surface area contributed by atoms with Crippen LogP contribution in [0.5, 0.6) is 0 Å². The fourth-order valence-corrected chi connectivity index (χ4v) is 1.12. The Hall–Kier alpha value is -0.200. The molecule has 11 heavy (non-hydrogen) atoms. The normalized spacial score (nSPS) is 40.9. The van der Waals surface area contributed by atoms with Crippen LogP contribution >= 0.6 is 0 Å². The standard InChI is InChI=1S/C6H12O5/c7-2-4(9)6-3(8)1-5(10)11-6/h3-10H,1-2H2/t3-,4?,5-,6-/m0/s1. The molecule has 5 nitrogen and oxygen atoms in total. The Morgan fingerprint density at radius 1 is 1.45 bits per heavy atom. The van der Waals surface area contributed by atoms with Gasteiger partial charge in [0.2, 0.25) is 0 Å². The molecule has 4 N–H and O–H groups in total. The van der Waals surface area contributed by atoms with Gasteiger partial charge in [0, 0.05) is 6.42 Å². The lowest BCUT2D eigenvalue weighted by molar-refractivity contribution is -0.136. The van der Waals surface area contributed by atoms with E-state index in [1.807, 2.05) is 0 Å². The smallest absolute Gasteiger partial charge is 0.157 e. The van der Waals surface area contributed by atoms with Crippen molar-refractivity contribution >= 4 is 0 Å². The Morgan fingerprint density at radius 2 is 2.09 bits per heavy atom. The maximum atomic E-state index is 9.10. The first-order chi connectivity index (χ1) is 5.15. The molecule has 0 aliphatic carbocycles. The van der Waals surface area contributed by atoms with Gasteiger partial charge in [-0.25, -0.2) is 0 Å². The second-order valence-electron chi connectivity index (χ2n) is 2.61. The Bertz CT molecular complexity index is 124. The van der Waals surface area contributed by atoms with Gasteiger partial charge in [-0.3, -0.25) is 0 Å². The topological polar surface area (TPSA) is 90.2 Å². The van der Waals surface area contributed by atoms with Gasteiger partial charge in [-0.15, -0.1) is 0 Å². The molecule has 1 saturated heterocycles. The van der Waals surface area contributed by atoms with Gasteiger partial charge in [-0.05, 0) is 0 Å². The van der Waals surface area contributed by atoms with Gasteiger partial charge in [0.15, 0.2) is 6.29 Å².